The number of thioether (sulfide) groups is 1. The van der Waals surface area contributed by atoms with Gasteiger partial charge in [-0.1, -0.05) is 19.4 Å². The van der Waals surface area contributed by atoms with Gasteiger partial charge in [0.15, 0.2) is 0 Å². The number of carboxylic acid groups (broad SMARTS) is 1. The number of rotatable bonds is 6. The highest BCUT2D eigenvalue weighted by atomic mass is 32.2. The third-order valence-corrected chi connectivity index (χ3v) is 4.45. The second-order valence-electron chi connectivity index (χ2n) is 4.11. The lowest BCUT2D eigenvalue weighted by atomic mass is 10.1. The molecule has 2 N–H and O–H groups in total. The van der Waals surface area contributed by atoms with E-state index in [4.69, 9.17) is 5.11 Å². The van der Waals surface area contributed by atoms with Crippen LogP contribution < -0.4 is 5.32 Å². The van der Waals surface area contributed by atoms with Gasteiger partial charge in [-0.15, -0.1) is 0 Å². The van der Waals surface area contributed by atoms with E-state index in [1.807, 2.05) is 11.8 Å². The van der Waals surface area contributed by atoms with E-state index in [2.05, 4.69) is 18.2 Å². The van der Waals surface area contributed by atoms with E-state index < -0.39 is 5.97 Å². The van der Waals surface area contributed by atoms with Crippen molar-refractivity contribution in [2.45, 2.75) is 30.4 Å². The van der Waals surface area contributed by atoms with E-state index in [1.54, 1.807) is 0 Å². The lowest BCUT2D eigenvalue weighted by molar-refractivity contribution is -0.132. The summed E-state index contributed by atoms with van der Waals surface area (Å²) in [6.45, 7) is 4.77. The summed E-state index contributed by atoms with van der Waals surface area (Å²) in [5, 5.41) is 11.8. The quantitative estimate of drug-likeness (QED) is 0.683. The minimum absolute atomic E-state index is 0.240. The van der Waals surface area contributed by atoms with Crippen molar-refractivity contribution in [2.24, 2.45) is 0 Å². The fraction of sp³-hybridized carbons (Fsp3) is 0.727. The fourth-order valence-corrected chi connectivity index (χ4v) is 2.93. The lowest BCUT2D eigenvalue weighted by Gasteiger charge is -2.27. The van der Waals surface area contributed by atoms with Gasteiger partial charge in [-0.05, 0) is 19.1 Å². The van der Waals surface area contributed by atoms with E-state index in [0.29, 0.717) is 11.3 Å². The molecule has 1 saturated carbocycles. The van der Waals surface area contributed by atoms with E-state index >= 15 is 0 Å². The molecule has 15 heavy (non-hydrogen) atoms. The Hall–Kier alpha value is -0.480. The minimum atomic E-state index is -0.910. The SMILES string of the molecule is C=C(CNCC1(SC)CCCC1)C(=O)O. The van der Waals surface area contributed by atoms with Gasteiger partial charge < -0.3 is 10.4 Å². The summed E-state index contributed by atoms with van der Waals surface area (Å²) in [7, 11) is 0. The number of carboxylic acids is 1. The Labute approximate surface area is 95.3 Å². The molecule has 1 fully saturated rings. The molecular weight excluding hydrogens is 210 g/mol. The van der Waals surface area contributed by atoms with E-state index in [1.165, 1.54) is 25.7 Å². The Balaban J connectivity index is 2.29. The van der Waals surface area contributed by atoms with Gasteiger partial charge in [0.25, 0.3) is 0 Å². The topological polar surface area (TPSA) is 49.3 Å². The maximum Gasteiger partial charge on any atom is 0.332 e. The van der Waals surface area contributed by atoms with Crippen molar-refractivity contribution in [3.8, 4) is 0 Å². The largest absolute Gasteiger partial charge is 0.478 e. The molecule has 1 aliphatic rings. The third kappa shape index (κ3) is 3.54. The summed E-state index contributed by atoms with van der Waals surface area (Å²) in [5.41, 5.74) is 0.240. The van der Waals surface area contributed by atoms with Crippen LogP contribution in [-0.4, -0.2) is 35.2 Å². The molecule has 3 nitrogen and oxygen atoms in total. The summed E-state index contributed by atoms with van der Waals surface area (Å²) < 4.78 is 0.332. The molecule has 0 radical (unpaired) electrons. The van der Waals surface area contributed by atoms with Crippen molar-refractivity contribution < 1.29 is 9.90 Å². The first-order valence-electron chi connectivity index (χ1n) is 5.26. The van der Waals surface area contributed by atoms with Gasteiger partial charge in [-0.2, -0.15) is 11.8 Å². The van der Waals surface area contributed by atoms with Crippen LogP contribution in [-0.2, 0) is 4.79 Å². The number of nitrogens with one attached hydrogen (secondary N) is 1. The zero-order valence-corrected chi connectivity index (χ0v) is 10.0. The molecule has 0 aromatic carbocycles. The van der Waals surface area contributed by atoms with Crippen molar-refractivity contribution >= 4 is 17.7 Å². The molecule has 0 bridgehead atoms. The normalized spacial score (nSPS) is 19.0. The van der Waals surface area contributed by atoms with Gasteiger partial charge in [0.2, 0.25) is 0 Å². The van der Waals surface area contributed by atoms with Crippen LogP contribution in [0.15, 0.2) is 12.2 Å². The zero-order valence-electron chi connectivity index (χ0n) is 9.21. The van der Waals surface area contributed by atoms with E-state index in [-0.39, 0.29) is 5.57 Å². The Morgan fingerprint density at radius 3 is 2.60 bits per heavy atom. The van der Waals surface area contributed by atoms with Crippen LogP contribution in [0.1, 0.15) is 25.7 Å². The molecule has 1 rings (SSSR count). The van der Waals surface area contributed by atoms with Crippen LogP contribution in [0.2, 0.25) is 0 Å². The maximum atomic E-state index is 10.5. The molecule has 1 aliphatic carbocycles. The molecule has 0 saturated heterocycles. The first-order valence-corrected chi connectivity index (χ1v) is 6.49. The second kappa shape index (κ2) is 5.56. The highest BCUT2D eigenvalue weighted by Gasteiger charge is 2.32. The molecule has 86 valence electrons. The summed E-state index contributed by atoms with van der Waals surface area (Å²) in [6, 6.07) is 0. The second-order valence-corrected chi connectivity index (χ2v) is 5.38. The van der Waals surface area contributed by atoms with Gasteiger partial charge in [0.05, 0.1) is 0 Å². The van der Waals surface area contributed by atoms with Gasteiger partial charge in [-0.3, -0.25) is 0 Å². The van der Waals surface area contributed by atoms with E-state index in [9.17, 15) is 4.79 Å². The van der Waals surface area contributed by atoms with Crippen LogP contribution in [0, 0.1) is 0 Å². The van der Waals surface area contributed by atoms with Crippen molar-refractivity contribution in [3.63, 3.8) is 0 Å². The number of carbonyl (C=O) groups is 1. The Morgan fingerprint density at radius 2 is 2.13 bits per heavy atom. The fourth-order valence-electron chi connectivity index (χ4n) is 1.99. The van der Waals surface area contributed by atoms with Crippen LogP contribution in [0.25, 0.3) is 0 Å². The highest BCUT2D eigenvalue weighted by molar-refractivity contribution is 8.00. The molecule has 0 heterocycles. The standard InChI is InChI=1S/C11H19NO2S/c1-9(10(13)14)7-12-8-11(15-2)5-3-4-6-11/h12H,1,3-8H2,2H3,(H,13,14). The molecule has 4 heteroatoms. The van der Waals surface area contributed by atoms with Crippen molar-refractivity contribution in [3.05, 3.63) is 12.2 Å². The van der Waals surface area contributed by atoms with Crippen LogP contribution >= 0.6 is 11.8 Å². The average molecular weight is 229 g/mol. The molecule has 0 amide bonds. The number of aliphatic carboxylic acids is 1. The maximum absolute atomic E-state index is 10.5. The van der Waals surface area contributed by atoms with Gasteiger partial charge in [-0.25, -0.2) is 4.79 Å². The Morgan fingerprint density at radius 1 is 1.53 bits per heavy atom. The molecule has 0 aromatic heterocycles. The monoisotopic (exact) mass is 229 g/mol. The Kier molecular flexibility index (Phi) is 4.67. The van der Waals surface area contributed by atoms with Crippen LogP contribution in [0.5, 0.6) is 0 Å². The number of hydrogen-bond donors (Lipinski definition) is 2. The molecule has 0 aliphatic heterocycles. The van der Waals surface area contributed by atoms with Crippen LogP contribution in [0.4, 0.5) is 0 Å². The average Bonchev–Trinajstić information content (AvgIpc) is 2.67. The summed E-state index contributed by atoms with van der Waals surface area (Å²) in [4.78, 5) is 10.5. The van der Waals surface area contributed by atoms with Crippen LogP contribution in [0.3, 0.4) is 0 Å². The first kappa shape index (κ1) is 12.6. The van der Waals surface area contributed by atoms with Gasteiger partial charge in [0.1, 0.15) is 0 Å². The van der Waals surface area contributed by atoms with E-state index in [0.717, 1.165) is 6.54 Å². The lowest BCUT2D eigenvalue weighted by Crippen LogP contribution is -2.36. The molecule has 0 aromatic rings. The predicted octanol–water partition coefficient (Wildman–Crippen LogP) is 1.89. The molecule has 0 atom stereocenters. The molecular formula is C11H19NO2S. The molecule has 0 spiro atoms. The Bertz CT molecular complexity index is 247. The van der Waals surface area contributed by atoms with Gasteiger partial charge >= 0.3 is 5.97 Å². The highest BCUT2D eigenvalue weighted by Crippen LogP contribution is 2.39. The van der Waals surface area contributed by atoms with Crippen molar-refractivity contribution in [2.75, 3.05) is 19.3 Å². The van der Waals surface area contributed by atoms with Crippen molar-refractivity contribution in [1.82, 2.24) is 5.32 Å². The summed E-state index contributed by atoms with van der Waals surface area (Å²) >= 11 is 1.90. The minimum Gasteiger partial charge on any atom is -0.478 e. The predicted molar refractivity (Wildman–Crippen MR) is 64.4 cm³/mol. The third-order valence-electron chi connectivity index (χ3n) is 3.04. The first-order chi connectivity index (χ1) is 7.09. The smallest absolute Gasteiger partial charge is 0.332 e. The number of hydrogen-bond acceptors (Lipinski definition) is 3. The van der Waals surface area contributed by atoms with Gasteiger partial charge in [0, 0.05) is 23.4 Å². The summed E-state index contributed by atoms with van der Waals surface area (Å²) in [6.07, 6.45) is 7.20. The summed E-state index contributed by atoms with van der Waals surface area (Å²) in [5.74, 6) is -0.910. The zero-order chi connectivity index (χ0) is 11.3. The molecule has 0 unspecified atom stereocenters. The van der Waals surface area contributed by atoms with Crippen molar-refractivity contribution in [1.29, 1.82) is 0 Å².